The van der Waals surface area contributed by atoms with Crippen molar-refractivity contribution in [3.8, 4) is 0 Å². The van der Waals surface area contributed by atoms with Gasteiger partial charge in [0.25, 0.3) is 0 Å². The molecular weight excluding hydrogens is 246 g/mol. The fourth-order valence-corrected chi connectivity index (χ4v) is 2.98. The summed E-state index contributed by atoms with van der Waals surface area (Å²) in [5.41, 5.74) is -0.581. The first-order valence-corrected chi connectivity index (χ1v) is 7.66. The summed E-state index contributed by atoms with van der Waals surface area (Å²) in [4.78, 5) is 8.31. The summed E-state index contributed by atoms with van der Waals surface area (Å²) in [5, 5.41) is 14.7. The molecule has 2 N–H and O–H groups in total. The fraction of sp³-hybridized carbons (Fsp3) is 0.692. The first kappa shape index (κ1) is 13.6. The second kappa shape index (κ2) is 5.89. The lowest BCUT2D eigenvalue weighted by atomic mass is 9.79. The van der Waals surface area contributed by atoms with E-state index in [9.17, 15) is 5.11 Å². The molecular formula is C13H21N3OS. The van der Waals surface area contributed by atoms with Gasteiger partial charge in [0.2, 0.25) is 0 Å². The molecule has 1 fully saturated rings. The maximum Gasteiger partial charge on any atom is 0.130 e. The van der Waals surface area contributed by atoms with Gasteiger partial charge in [-0.25, -0.2) is 9.97 Å². The van der Waals surface area contributed by atoms with E-state index >= 15 is 0 Å². The molecule has 1 aromatic rings. The standard InChI is InChI=1S/C13H21N3OS/c1-10-4-3-5-13(17,7-10)8-14-11-6-12(18-2)16-9-15-11/h6,9-10,17H,3-5,7-8H2,1-2H3,(H,14,15,16). The van der Waals surface area contributed by atoms with Crippen LogP contribution in [0.25, 0.3) is 0 Å². The van der Waals surface area contributed by atoms with E-state index < -0.39 is 5.60 Å². The van der Waals surface area contributed by atoms with Crippen LogP contribution in [0.5, 0.6) is 0 Å². The Balaban J connectivity index is 1.93. The predicted octanol–water partition coefficient (Wildman–Crippen LogP) is 2.55. The van der Waals surface area contributed by atoms with Crippen LogP contribution in [0.15, 0.2) is 17.4 Å². The Kier molecular flexibility index (Phi) is 4.45. The van der Waals surface area contributed by atoms with Crippen LogP contribution in [0, 0.1) is 5.92 Å². The van der Waals surface area contributed by atoms with Crippen LogP contribution >= 0.6 is 11.8 Å². The predicted molar refractivity (Wildman–Crippen MR) is 74.9 cm³/mol. The lowest BCUT2D eigenvalue weighted by molar-refractivity contribution is -0.000832. The molecule has 18 heavy (non-hydrogen) atoms. The lowest BCUT2D eigenvalue weighted by Gasteiger charge is -2.35. The molecule has 0 bridgehead atoms. The number of hydrogen-bond acceptors (Lipinski definition) is 5. The van der Waals surface area contributed by atoms with Gasteiger partial charge in [0.15, 0.2) is 0 Å². The maximum atomic E-state index is 10.5. The van der Waals surface area contributed by atoms with Gasteiger partial charge in [-0.2, -0.15) is 0 Å². The molecule has 5 heteroatoms. The zero-order valence-electron chi connectivity index (χ0n) is 11.0. The average molecular weight is 267 g/mol. The highest BCUT2D eigenvalue weighted by Crippen LogP contribution is 2.32. The molecule has 0 spiro atoms. The van der Waals surface area contributed by atoms with Crippen molar-refractivity contribution in [2.45, 2.75) is 43.2 Å². The molecule has 2 rings (SSSR count). The van der Waals surface area contributed by atoms with Crippen molar-refractivity contribution in [2.24, 2.45) is 5.92 Å². The monoisotopic (exact) mass is 267 g/mol. The summed E-state index contributed by atoms with van der Waals surface area (Å²) in [6.07, 6.45) is 7.64. The Labute approximate surface area is 113 Å². The van der Waals surface area contributed by atoms with Crippen LogP contribution in [0.4, 0.5) is 5.82 Å². The minimum Gasteiger partial charge on any atom is -0.388 e. The fourth-order valence-electron chi connectivity index (χ4n) is 2.60. The summed E-state index contributed by atoms with van der Waals surface area (Å²) in [5.74, 6) is 1.40. The van der Waals surface area contributed by atoms with Crippen molar-refractivity contribution >= 4 is 17.6 Å². The number of nitrogens with zero attached hydrogens (tertiary/aromatic N) is 2. The molecule has 1 saturated carbocycles. The quantitative estimate of drug-likeness (QED) is 0.648. The molecule has 0 radical (unpaired) electrons. The van der Waals surface area contributed by atoms with Crippen LogP contribution < -0.4 is 5.32 Å². The summed E-state index contributed by atoms with van der Waals surface area (Å²) in [7, 11) is 0. The third kappa shape index (κ3) is 3.59. The molecule has 2 atom stereocenters. The van der Waals surface area contributed by atoms with E-state index in [0.717, 1.165) is 30.1 Å². The largest absolute Gasteiger partial charge is 0.388 e. The molecule has 1 aromatic heterocycles. The third-order valence-corrected chi connectivity index (χ3v) is 4.16. The number of aliphatic hydroxyl groups is 1. The highest BCUT2D eigenvalue weighted by Gasteiger charge is 2.32. The third-order valence-electron chi connectivity index (χ3n) is 3.52. The number of nitrogens with one attached hydrogen (secondary N) is 1. The molecule has 1 heterocycles. The second-order valence-corrected chi connectivity index (χ2v) is 6.05. The molecule has 2 unspecified atom stereocenters. The zero-order valence-corrected chi connectivity index (χ0v) is 11.8. The van der Waals surface area contributed by atoms with Gasteiger partial charge >= 0.3 is 0 Å². The molecule has 1 aliphatic carbocycles. The van der Waals surface area contributed by atoms with Crippen molar-refractivity contribution in [1.82, 2.24) is 9.97 Å². The van der Waals surface area contributed by atoms with Crippen molar-refractivity contribution in [2.75, 3.05) is 18.1 Å². The molecule has 0 aromatic carbocycles. The molecule has 100 valence electrons. The summed E-state index contributed by atoms with van der Waals surface area (Å²) >= 11 is 1.59. The smallest absolute Gasteiger partial charge is 0.130 e. The molecule has 4 nitrogen and oxygen atoms in total. The highest BCUT2D eigenvalue weighted by atomic mass is 32.2. The van der Waals surface area contributed by atoms with Gasteiger partial charge in [0.05, 0.1) is 5.60 Å². The zero-order chi connectivity index (χ0) is 13.0. The average Bonchev–Trinajstić information content (AvgIpc) is 2.37. The number of hydrogen-bond donors (Lipinski definition) is 2. The van der Waals surface area contributed by atoms with Crippen LogP contribution in [-0.4, -0.2) is 33.5 Å². The van der Waals surface area contributed by atoms with Crippen LogP contribution in [0.2, 0.25) is 0 Å². The summed E-state index contributed by atoms with van der Waals surface area (Å²) < 4.78 is 0. The van der Waals surface area contributed by atoms with Crippen LogP contribution in [0.3, 0.4) is 0 Å². The van der Waals surface area contributed by atoms with Crippen LogP contribution in [0.1, 0.15) is 32.6 Å². The van der Waals surface area contributed by atoms with E-state index in [-0.39, 0.29) is 0 Å². The van der Waals surface area contributed by atoms with E-state index in [2.05, 4.69) is 22.2 Å². The molecule has 0 amide bonds. The highest BCUT2D eigenvalue weighted by molar-refractivity contribution is 7.98. The van der Waals surface area contributed by atoms with Gasteiger partial charge < -0.3 is 10.4 Å². The van der Waals surface area contributed by atoms with E-state index in [1.165, 1.54) is 6.42 Å². The van der Waals surface area contributed by atoms with E-state index in [0.29, 0.717) is 12.5 Å². The first-order valence-electron chi connectivity index (χ1n) is 6.44. The van der Waals surface area contributed by atoms with Crippen molar-refractivity contribution in [3.05, 3.63) is 12.4 Å². The summed E-state index contributed by atoms with van der Waals surface area (Å²) in [6.45, 7) is 2.78. The van der Waals surface area contributed by atoms with Gasteiger partial charge in [-0.15, -0.1) is 11.8 Å². The topological polar surface area (TPSA) is 58.0 Å². The summed E-state index contributed by atoms with van der Waals surface area (Å²) in [6, 6.07) is 1.92. The minimum absolute atomic E-state index is 0.572. The Morgan fingerprint density at radius 2 is 2.39 bits per heavy atom. The Bertz CT molecular complexity index is 402. The second-order valence-electron chi connectivity index (χ2n) is 5.23. The normalized spacial score (nSPS) is 28.1. The van der Waals surface area contributed by atoms with Gasteiger partial charge in [-0.05, 0) is 25.0 Å². The number of thioether (sulfide) groups is 1. The Morgan fingerprint density at radius 1 is 1.56 bits per heavy atom. The Morgan fingerprint density at radius 3 is 3.11 bits per heavy atom. The SMILES string of the molecule is CSc1cc(NCC2(O)CCCC(C)C2)ncn1. The first-order chi connectivity index (χ1) is 8.61. The molecule has 0 aliphatic heterocycles. The maximum absolute atomic E-state index is 10.5. The van der Waals surface area contributed by atoms with Gasteiger partial charge in [-0.3, -0.25) is 0 Å². The van der Waals surface area contributed by atoms with E-state index in [4.69, 9.17) is 0 Å². The number of aromatic nitrogens is 2. The number of anilines is 1. The minimum atomic E-state index is -0.581. The van der Waals surface area contributed by atoms with Crippen molar-refractivity contribution < 1.29 is 5.11 Å². The molecule has 1 aliphatic rings. The molecule has 0 saturated heterocycles. The number of rotatable bonds is 4. The van der Waals surface area contributed by atoms with Crippen molar-refractivity contribution in [3.63, 3.8) is 0 Å². The van der Waals surface area contributed by atoms with Crippen LogP contribution in [-0.2, 0) is 0 Å². The van der Waals surface area contributed by atoms with E-state index in [1.807, 2.05) is 12.3 Å². The van der Waals surface area contributed by atoms with Gasteiger partial charge in [0, 0.05) is 12.6 Å². The Hall–Kier alpha value is -0.810. The van der Waals surface area contributed by atoms with Gasteiger partial charge in [0.1, 0.15) is 17.2 Å². The van der Waals surface area contributed by atoms with Crippen molar-refractivity contribution in [1.29, 1.82) is 0 Å². The van der Waals surface area contributed by atoms with Gasteiger partial charge in [-0.1, -0.05) is 19.8 Å². The van der Waals surface area contributed by atoms with E-state index in [1.54, 1.807) is 18.1 Å². The lowest BCUT2D eigenvalue weighted by Crippen LogP contribution is -2.41.